The number of rotatable bonds is 3. The molecule has 0 heterocycles. The fraction of sp³-hybridized carbons (Fsp3) is 0. The second-order valence-electron chi connectivity index (χ2n) is 3.65. The van der Waals surface area contributed by atoms with Crippen molar-refractivity contribution >= 4 is 34.8 Å². The molecular formula is C14H8Cl2O2. The highest BCUT2D eigenvalue weighted by atomic mass is 35.5. The van der Waals surface area contributed by atoms with Crippen LogP contribution in [0.2, 0.25) is 10.0 Å². The van der Waals surface area contributed by atoms with Crippen LogP contribution in [-0.2, 0) is 0 Å². The molecule has 0 saturated carbocycles. The summed E-state index contributed by atoms with van der Waals surface area (Å²) in [5.41, 5.74) is 0.590. The first kappa shape index (κ1) is 12.8. The Bertz CT molecular complexity index is 606. The Morgan fingerprint density at radius 1 is 0.722 bits per heavy atom. The largest absolute Gasteiger partial charge is 0.285 e. The van der Waals surface area contributed by atoms with Crippen LogP contribution in [-0.4, -0.2) is 11.6 Å². The van der Waals surface area contributed by atoms with Crippen molar-refractivity contribution in [1.29, 1.82) is 0 Å². The summed E-state index contributed by atoms with van der Waals surface area (Å²) in [5.74, 6) is -1.16. The maximum Gasteiger partial charge on any atom is 0.233 e. The number of benzene rings is 2. The first-order valence-corrected chi connectivity index (χ1v) is 5.94. The van der Waals surface area contributed by atoms with Gasteiger partial charge >= 0.3 is 0 Å². The highest BCUT2D eigenvalue weighted by Gasteiger charge is 2.18. The zero-order valence-electron chi connectivity index (χ0n) is 9.19. The van der Waals surface area contributed by atoms with Crippen LogP contribution in [0.5, 0.6) is 0 Å². The third-order valence-corrected chi connectivity index (χ3v) is 3.16. The summed E-state index contributed by atoms with van der Waals surface area (Å²) >= 11 is 11.6. The molecule has 2 aromatic rings. The van der Waals surface area contributed by atoms with Crippen LogP contribution in [0.3, 0.4) is 0 Å². The summed E-state index contributed by atoms with van der Waals surface area (Å²) in [6.45, 7) is 0. The average molecular weight is 279 g/mol. The number of hydrogen-bond acceptors (Lipinski definition) is 2. The third-order valence-electron chi connectivity index (χ3n) is 2.42. The molecule has 0 aromatic heterocycles. The smallest absolute Gasteiger partial charge is 0.233 e. The molecule has 0 unspecified atom stereocenters. The van der Waals surface area contributed by atoms with E-state index in [-0.39, 0.29) is 10.6 Å². The molecule has 0 N–H and O–H groups in total. The molecule has 0 aliphatic heterocycles. The van der Waals surface area contributed by atoms with Gasteiger partial charge in [0.1, 0.15) is 0 Å². The number of ketones is 2. The molecule has 0 radical (unpaired) electrons. The fourth-order valence-electron chi connectivity index (χ4n) is 1.49. The summed E-state index contributed by atoms with van der Waals surface area (Å²) in [6, 6.07) is 12.8. The zero-order valence-corrected chi connectivity index (χ0v) is 10.7. The molecule has 2 nitrogen and oxygen atoms in total. The summed E-state index contributed by atoms with van der Waals surface area (Å²) in [5, 5.41) is 0.601. The van der Waals surface area contributed by atoms with Gasteiger partial charge in [-0.15, -0.1) is 0 Å². The highest BCUT2D eigenvalue weighted by Crippen LogP contribution is 2.23. The van der Waals surface area contributed by atoms with Gasteiger partial charge in [0.15, 0.2) is 0 Å². The normalized spacial score (nSPS) is 10.1. The van der Waals surface area contributed by atoms with Gasteiger partial charge in [-0.05, 0) is 18.2 Å². The molecule has 0 spiro atoms. The zero-order chi connectivity index (χ0) is 13.1. The molecule has 0 atom stereocenters. The first-order chi connectivity index (χ1) is 8.59. The van der Waals surface area contributed by atoms with Gasteiger partial charge in [0.05, 0.1) is 10.0 Å². The van der Waals surface area contributed by atoms with Crippen molar-refractivity contribution in [1.82, 2.24) is 0 Å². The minimum absolute atomic E-state index is 0.234. The quantitative estimate of drug-likeness (QED) is 0.627. The summed E-state index contributed by atoms with van der Waals surface area (Å²) < 4.78 is 0. The molecule has 0 aliphatic rings. The van der Waals surface area contributed by atoms with E-state index in [1.54, 1.807) is 30.3 Å². The van der Waals surface area contributed by atoms with Crippen molar-refractivity contribution in [3.8, 4) is 0 Å². The predicted molar refractivity (Wildman–Crippen MR) is 71.6 cm³/mol. The molecule has 4 heteroatoms. The monoisotopic (exact) mass is 278 g/mol. The van der Waals surface area contributed by atoms with E-state index in [1.165, 1.54) is 18.2 Å². The maximum absolute atomic E-state index is 12.0. The molecule has 0 aliphatic carbocycles. The molecule has 0 bridgehead atoms. The number of carbonyl (C=O) groups excluding carboxylic acids is 2. The maximum atomic E-state index is 12.0. The Balaban J connectivity index is 2.32. The number of halogens is 2. The third kappa shape index (κ3) is 2.61. The molecule has 2 rings (SSSR count). The molecule has 90 valence electrons. The van der Waals surface area contributed by atoms with Crippen molar-refractivity contribution in [2.45, 2.75) is 0 Å². The topological polar surface area (TPSA) is 34.1 Å². The minimum Gasteiger partial charge on any atom is -0.285 e. The highest BCUT2D eigenvalue weighted by molar-refractivity contribution is 6.50. The Morgan fingerprint density at radius 3 is 1.94 bits per heavy atom. The van der Waals surface area contributed by atoms with E-state index in [1.807, 2.05) is 0 Å². The summed E-state index contributed by atoms with van der Waals surface area (Å²) in [7, 11) is 0. The second kappa shape index (κ2) is 5.34. The molecule has 0 amide bonds. The lowest BCUT2D eigenvalue weighted by Gasteiger charge is -2.02. The Kier molecular flexibility index (Phi) is 3.80. The average Bonchev–Trinajstić information content (AvgIpc) is 2.41. The lowest BCUT2D eigenvalue weighted by Crippen LogP contribution is -2.14. The Labute approximate surface area is 114 Å². The van der Waals surface area contributed by atoms with Gasteiger partial charge in [-0.1, -0.05) is 53.5 Å². The van der Waals surface area contributed by atoms with E-state index in [0.29, 0.717) is 10.6 Å². The Morgan fingerprint density at radius 2 is 1.33 bits per heavy atom. The molecule has 0 saturated heterocycles. The van der Waals surface area contributed by atoms with Crippen LogP contribution in [0.1, 0.15) is 20.7 Å². The summed E-state index contributed by atoms with van der Waals surface area (Å²) in [6.07, 6.45) is 0. The van der Waals surface area contributed by atoms with Gasteiger partial charge < -0.3 is 0 Å². The molecule has 2 aromatic carbocycles. The number of carbonyl (C=O) groups is 2. The molecule has 0 fully saturated rings. The van der Waals surface area contributed by atoms with E-state index in [2.05, 4.69) is 0 Å². The van der Waals surface area contributed by atoms with E-state index in [0.717, 1.165) is 0 Å². The van der Waals surface area contributed by atoms with Gasteiger partial charge in [0.25, 0.3) is 0 Å². The second-order valence-corrected chi connectivity index (χ2v) is 4.47. The standard InChI is InChI=1S/C14H8Cl2O2/c15-11-7-6-10(8-12(11)16)14(18)13(17)9-4-2-1-3-5-9/h1-8H. The van der Waals surface area contributed by atoms with Gasteiger partial charge in [-0.2, -0.15) is 0 Å². The Hall–Kier alpha value is -1.64. The predicted octanol–water partition coefficient (Wildman–Crippen LogP) is 4.06. The van der Waals surface area contributed by atoms with E-state index >= 15 is 0 Å². The number of hydrogen-bond donors (Lipinski definition) is 0. The molecule has 18 heavy (non-hydrogen) atoms. The van der Waals surface area contributed by atoms with Gasteiger partial charge in [0, 0.05) is 11.1 Å². The minimum atomic E-state index is -0.597. The fourth-order valence-corrected chi connectivity index (χ4v) is 1.79. The van der Waals surface area contributed by atoms with Crippen molar-refractivity contribution in [2.24, 2.45) is 0 Å². The summed E-state index contributed by atoms with van der Waals surface area (Å²) in [4.78, 5) is 23.9. The van der Waals surface area contributed by atoms with Crippen LogP contribution < -0.4 is 0 Å². The van der Waals surface area contributed by atoms with Crippen LogP contribution in [0, 0.1) is 0 Å². The van der Waals surface area contributed by atoms with E-state index in [4.69, 9.17) is 23.2 Å². The van der Waals surface area contributed by atoms with Crippen LogP contribution >= 0.6 is 23.2 Å². The van der Waals surface area contributed by atoms with E-state index in [9.17, 15) is 9.59 Å². The lowest BCUT2D eigenvalue weighted by atomic mass is 10.0. The van der Waals surface area contributed by atoms with Gasteiger partial charge in [-0.3, -0.25) is 9.59 Å². The van der Waals surface area contributed by atoms with Crippen molar-refractivity contribution in [3.63, 3.8) is 0 Å². The van der Waals surface area contributed by atoms with Crippen LogP contribution in [0.4, 0.5) is 0 Å². The van der Waals surface area contributed by atoms with Crippen molar-refractivity contribution < 1.29 is 9.59 Å². The SMILES string of the molecule is O=C(C(=O)c1ccc(Cl)c(Cl)c1)c1ccccc1. The lowest BCUT2D eigenvalue weighted by molar-refractivity contribution is 0.0817. The van der Waals surface area contributed by atoms with Crippen molar-refractivity contribution in [2.75, 3.05) is 0 Å². The van der Waals surface area contributed by atoms with Crippen molar-refractivity contribution in [3.05, 3.63) is 69.7 Å². The first-order valence-electron chi connectivity index (χ1n) is 5.18. The van der Waals surface area contributed by atoms with Gasteiger partial charge in [0.2, 0.25) is 11.6 Å². The number of Topliss-reactive ketones (excluding diaryl/α,β-unsaturated/α-hetero) is 2. The van der Waals surface area contributed by atoms with Gasteiger partial charge in [-0.25, -0.2) is 0 Å². The van der Waals surface area contributed by atoms with Crippen LogP contribution in [0.15, 0.2) is 48.5 Å². The van der Waals surface area contributed by atoms with E-state index < -0.39 is 11.6 Å². The van der Waals surface area contributed by atoms with Crippen LogP contribution in [0.25, 0.3) is 0 Å². The molecular weight excluding hydrogens is 271 g/mol.